The van der Waals surface area contributed by atoms with Crippen LogP contribution in [0.15, 0.2) is 0 Å². The minimum absolute atomic E-state index is 0.00692. The third kappa shape index (κ3) is 2.51. The summed E-state index contributed by atoms with van der Waals surface area (Å²) in [6.07, 6.45) is 0.912. The molecule has 0 aliphatic carbocycles. The van der Waals surface area contributed by atoms with Gasteiger partial charge < -0.3 is 19.7 Å². The Labute approximate surface area is 115 Å². The zero-order valence-corrected chi connectivity index (χ0v) is 12.4. The van der Waals surface area contributed by atoms with E-state index in [1.54, 1.807) is 14.2 Å². The molecule has 19 heavy (non-hydrogen) atoms. The molecule has 2 aliphatic rings. The topological polar surface area (TPSA) is 50.8 Å². The maximum absolute atomic E-state index is 12.9. The lowest BCUT2D eigenvalue weighted by Gasteiger charge is -2.35. The Balaban J connectivity index is 2.11. The van der Waals surface area contributed by atoms with Gasteiger partial charge in [0.25, 0.3) is 0 Å². The van der Waals surface area contributed by atoms with E-state index in [2.05, 4.69) is 19.2 Å². The number of likely N-dealkylation sites (tertiary alicyclic amines) is 1. The normalized spacial score (nSPS) is 35.3. The van der Waals surface area contributed by atoms with E-state index in [1.165, 1.54) is 0 Å². The van der Waals surface area contributed by atoms with Gasteiger partial charge in [-0.25, -0.2) is 0 Å². The first-order chi connectivity index (χ1) is 9.05. The summed E-state index contributed by atoms with van der Waals surface area (Å²) in [5.74, 6) is 0.603. The standard InChI is InChI=1S/C14H26N2O3/c1-10(2)14(5-6-15-9-14)13(17)16-7-11(18-3)12(8-16)19-4/h10-12,15H,5-9H2,1-4H3. The van der Waals surface area contributed by atoms with E-state index >= 15 is 0 Å². The first kappa shape index (κ1) is 14.8. The monoisotopic (exact) mass is 270 g/mol. The van der Waals surface area contributed by atoms with Crippen molar-refractivity contribution in [1.29, 1.82) is 0 Å². The van der Waals surface area contributed by atoms with Gasteiger partial charge in [0, 0.05) is 33.9 Å². The van der Waals surface area contributed by atoms with Crippen LogP contribution in [0.5, 0.6) is 0 Å². The fourth-order valence-electron chi connectivity index (χ4n) is 3.31. The number of rotatable bonds is 4. The van der Waals surface area contributed by atoms with E-state index in [1.807, 2.05) is 4.90 Å². The van der Waals surface area contributed by atoms with Crippen molar-refractivity contribution >= 4 is 5.91 Å². The van der Waals surface area contributed by atoms with Crippen LogP contribution in [-0.4, -0.2) is 63.4 Å². The molecule has 2 heterocycles. The Morgan fingerprint density at radius 1 is 1.26 bits per heavy atom. The summed E-state index contributed by atoms with van der Waals surface area (Å²) in [6, 6.07) is 0. The zero-order valence-electron chi connectivity index (χ0n) is 12.4. The van der Waals surface area contributed by atoms with Crippen LogP contribution in [0.25, 0.3) is 0 Å². The summed E-state index contributed by atoms with van der Waals surface area (Å²) in [5.41, 5.74) is -0.249. The number of amides is 1. The maximum Gasteiger partial charge on any atom is 0.230 e. The summed E-state index contributed by atoms with van der Waals surface area (Å²) in [7, 11) is 3.36. The quantitative estimate of drug-likeness (QED) is 0.808. The number of hydrogen-bond donors (Lipinski definition) is 1. The highest BCUT2D eigenvalue weighted by Gasteiger charge is 2.48. The number of methoxy groups -OCH3 is 2. The minimum Gasteiger partial charge on any atom is -0.377 e. The molecule has 2 rings (SSSR count). The van der Waals surface area contributed by atoms with Crippen LogP contribution >= 0.6 is 0 Å². The molecule has 1 amide bonds. The van der Waals surface area contributed by atoms with Gasteiger partial charge >= 0.3 is 0 Å². The highest BCUT2D eigenvalue weighted by Crippen LogP contribution is 2.37. The van der Waals surface area contributed by atoms with Gasteiger partial charge in [0.1, 0.15) is 12.2 Å². The number of hydrogen-bond acceptors (Lipinski definition) is 4. The molecule has 3 atom stereocenters. The van der Waals surface area contributed by atoms with E-state index in [-0.39, 0.29) is 23.5 Å². The van der Waals surface area contributed by atoms with Crippen LogP contribution in [0, 0.1) is 11.3 Å². The Morgan fingerprint density at radius 2 is 1.84 bits per heavy atom. The predicted molar refractivity (Wildman–Crippen MR) is 72.9 cm³/mol. The SMILES string of the molecule is COC1CN(C(=O)C2(C(C)C)CCNC2)CC1OC. The first-order valence-electron chi connectivity index (χ1n) is 7.11. The molecule has 2 saturated heterocycles. The van der Waals surface area contributed by atoms with Crippen LogP contribution in [0.2, 0.25) is 0 Å². The number of nitrogens with one attached hydrogen (secondary N) is 1. The van der Waals surface area contributed by atoms with E-state index in [0.717, 1.165) is 19.5 Å². The fourth-order valence-corrected chi connectivity index (χ4v) is 3.31. The Bertz CT molecular complexity index is 315. The van der Waals surface area contributed by atoms with Crippen molar-refractivity contribution in [2.24, 2.45) is 11.3 Å². The minimum atomic E-state index is -0.249. The van der Waals surface area contributed by atoms with Crippen molar-refractivity contribution in [3.8, 4) is 0 Å². The average Bonchev–Trinajstić information content (AvgIpc) is 3.04. The van der Waals surface area contributed by atoms with Crippen LogP contribution in [-0.2, 0) is 14.3 Å². The largest absolute Gasteiger partial charge is 0.377 e. The molecule has 0 saturated carbocycles. The molecular formula is C14H26N2O3. The number of carbonyl (C=O) groups is 1. The molecule has 1 N–H and O–H groups in total. The highest BCUT2D eigenvalue weighted by atomic mass is 16.5. The van der Waals surface area contributed by atoms with E-state index in [4.69, 9.17) is 9.47 Å². The number of carbonyl (C=O) groups excluding carboxylic acids is 1. The zero-order chi connectivity index (χ0) is 14.0. The highest BCUT2D eigenvalue weighted by molar-refractivity contribution is 5.84. The summed E-state index contributed by atoms with van der Waals surface area (Å²) >= 11 is 0. The van der Waals surface area contributed by atoms with E-state index in [9.17, 15) is 4.79 Å². The summed E-state index contributed by atoms with van der Waals surface area (Å²) < 4.78 is 10.8. The Morgan fingerprint density at radius 3 is 2.21 bits per heavy atom. The third-order valence-electron chi connectivity index (χ3n) is 4.83. The second-order valence-corrected chi connectivity index (χ2v) is 6.00. The average molecular weight is 270 g/mol. The molecule has 3 unspecified atom stereocenters. The Hall–Kier alpha value is -0.650. The molecule has 0 spiro atoms. The van der Waals surface area contributed by atoms with E-state index in [0.29, 0.717) is 19.0 Å². The fraction of sp³-hybridized carbons (Fsp3) is 0.929. The second-order valence-electron chi connectivity index (χ2n) is 6.00. The van der Waals surface area contributed by atoms with Gasteiger partial charge in [-0.2, -0.15) is 0 Å². The van der Waals surface area contributed by atoms with Crippen LogP contribution in [0.1, 0.15) is 20.3 Å². The maximum atomic E-state index is 12.9. The Kier molecular flexibility index (Phi) is 4.48. The lowest BCUT2D eigenvalue weighted by Crippen LogP contribution is -2.48. The molecule has 0 aromatic heterocycles. The third-order valence-corrected chi connectivity index (χ3v) is 4.83. The van der Waals surface area contributed by atoms with Crippen molar-refractivity contribution in [2.45, 2.75) is 32.5 Å². The van der Waals surface area contributed by atoms with Crippen LogP contribution in [0.4, 0.5) is 0 Å². The lowest BCUT2D eigenvalue weighted by molar-refractivity contribution is -0.143. The van der Waals surface area contributed by atoms with Gasteiger partial charge in [-0.15, -0.1) is 0 Å². The van der Waals surface area contributed by atoms with Gasteiger partial charge in [0.05, 0.1) is 5.41 Å². The smallest absolute Gasteiger partial charge is 0.230 e. The molecule has 110 valence electrons. The van der Waals surface area contributed by atoms with E-state index < -0.39 is 0 Å². The van der Waals surface area contributed by atoms with Gasteiger partial charge in [-0.3, -0.25) is 4.79 Å². The summed E-state index contributed by atoms with van der Waals surface area (Å²) in [5, 5.41) is 3.34. The molecule has 2 aliphatic heterocycles. The molecule has 0 aromatic rings. The van der Waals surface area contributed by atoms with Gasteiger partial charge in [-0.05, 0) is 18.9 Å². The molecule has 0 bridgehead atoms. The number of ether oxygens (including phenoxy) is 2. The molecule has 5 heteroatoms. The second kappa shape index (κ2) is 5.77. The molecule has 0 aromatic carbocycles. The molecule has 2 fully saturated rings. The first-order valence-corrected chi connectivity index (χ1v) is 7.11. The van der Waals surface area contributed by atoms with Gasteiger partial charge in [0.2, 0.25) is 5.91 Å². The van der Waals surface area contributed by atoms with Crippen molar-refractivity contribution in [2.75, 3.05) is 40.4 Å². The van der Waals surface area contributed by atoms with Gasteiger partial charge in [-0.1, -0.05) is 13.8 Å². The summed E-state index contributed by atoms with van der Waals surface area (Å²) in [4.78, 5) is 14.8. The van der Waals surface area contributed by atoms with Crippen molar-refractivity contribution in [3.05, 3.63) is 0 Å². The summed E-state index contributed by atoms with van der Waals surface area (Å²) in [6.45, 7) is 7.28. The van der Waals surface area contributed by atoms with Gasteiger partial charge in [0.15, 0.2) is 0 Å². The molecule has 5 nitrogen and oxygen atoms in total. The van der Waals surface area contributed by atoms with Crippen molar-refractivity contribution < 1.29 is 14.3 Å². The number of nitrogens with zero attached hydrogens (tertiary/aromatic N) is 1. The molecular weight excluding hydrogens is 244 g/mol. The van der Waals surface area contributed by atoms with Crippen LogP contribution < -0.4 is 5.32 Å². The van der Waals surface area contributed by atoms with Crippen molar-refractivity contribution in [3.63, 3.8) is 0 Å². The molecule has 0 radical (unpaired) electrons. The van der Waals surface area contributed by atoms with Crippen LogP contribution in [0.3, 0.4) is 0 Å². The lowest BCUT2D eigenvalue weighted by atomic mass is 9.75. The predicted octanol–water partition coefficient (Wildman–Crippen LogP) is 0.494. The van der Waals surface area contributed by atoms with Crippen molar-refractivity contribution in [1.82, 2.24) is 10.2 Å².